The Balaban J connectivity index is 1.52. The molecule has 4 rings (SSSR count). The van der Waals surface area contributed by atoms with Crippen molar-refractivity contribution in [2.24, 2.45) is 11.8 Å². The van der Waals surface area contributed by atoms with E-state index in [-0.39, 0.29) is 23.7 Å². The molecule has 1 aliphatic carbocycles. The van der Waals surface area contributed by atoms with Crippen LogP contribution < -0.4 is 0 Å². The number of nitrogens with zero attached hydrogens (tertiary/aromatic N) is 1. The van der Waals surface area contributed by atoms with E-state index in [0.717, 1.165) is 37.6 Å². The molecule has 4 heteroatoms. The van der Waals surface area contributed by atoms with E-state index < -0.39 is 0 Å². The minimum Gasteiger partial charge on any atom is -0.361 e. The number of aromatic nitrogens is 1. The van der Waals surface area contributed by atoms with Crippen LogP contribution in [-0.4, -0.2) is 28.2 Å². The van der Waals surface area contributed by atoms with E-state index in [1.54, 1.807) is 0 Å². The molecule has 22 heavy (non-hydrogen) atoms. The van der Waals surface area contributed by atoms with E-state index in [0.29, 0.717) is 6.54 Å². The van der Waals surface area contributed by atoms with Crippen molar-refractivity contribution in [3.8, 4) is 0 Å². The van der Waals surface area contributed by atoms with Crippen molar-refractivity contribution < 1.29 is 9.59 Å². The number of likely N-dealkylation sites (tertiary alicyclic amines) is 1. The lowest BCUT2D eigenvalue weighted by Gasteiger charge is -2.19. The fourth-order valence-electron chi connectivity index (χ4n) is 4.02. The molecule has 1 saturated carbocycles. The smallest absolute Gasteiger partial charge is 0.233 e. The molecule has 2 aliphatic rings. The van der Waals surface area contributed by atoms with E-state index in [4.69, 9.17) is 0 Å². The van der Waals surface area contributed by atoms with Crippen LogP contribution in [0.4, 0.5) is 0 Å². The van der Waals surface area contributed by atoms with Crippen LogP contribution in [-0.2, 0) is 16.0 Å². The molecule has 1 aromatic heterocycles. The molecule has 0 spiro atoms. The van der Waals surface area contributed by atoms with Gasteiger partial charge in [0.05, 0.1) is 11.8 Å². The standard InChI is InChI=1S/C18H20N2O2/c21-17-14-6-1-2-7-15(14)18(22)20(17)10-9-12-11-19-16-8-4-3-5-13(12)16/h3-5,8,11,14-15,19H,1-2,6-7,9-10H2. The van der Waals surface area contributed by atoms with Crippen molar-refractivity contribution in [1.29, 1.82) is 0 Å². The molecule has 0 bridgehead atoms. The maximum absolute atomic E-state index is 12.5. The highest BCUT2D eigenvalue weighted by atomic mass is 16.2. The molecule has 1 aromatic carbocycles. The second-order valence-electron chi connectivity index (χ2n) is 6.44. The highest BCUT2D eigenvalue weighted by molar-refractivity contribution is 6.05. The quantitative estimate of drug-likeness (QED) is 0.885. The van der Waals surface area contributed by atoms with Gasteiger partial charge in [-0.25, -0.2) is 0 Å². The number of hydrogen-bond donors (Lipinski definition) is 1. The molecule has 4 nitrogen and oxygen atoms in total. The topological polar surface area (TPSA) is 53.2 Å². The number of benzene rings is 1. The van der Waals surface area contributed by atoms with Crippen LogP contribution in [0.15, 0.2) is 30.5 Å². The summed E-state index contributed by atoms with van der Waals surface area (Å²) >= 11 is 0. The van der Waals surface area contributed by atoms with Gasteiger partial charge in [-0.2, -0.15) is 0 Å². The zero-order valence-corrected chi connectivity index (χ0v) is 12.5. The van der Waals surface area contributed by atoms with Gasteiger partial charge in [-0.1, -0.05) is 31.0 Å². The Kier molecular flexibility index (Phi) is 3.25. The lowest BCUT2D eigenvalue weighted by molar-refractivity contribution is -0.139. The summed E-state index contributed by atoms with van der Waals surface area (Å²) in [5, 5.41) is 1.18. The van der Waals surface area contributed by atoms with E-state index in [9.17, 15) is 9.59 Å². The number of amides is 2. The fourth-order valence-corrected chi connectivity index (χ4v) is 4.02. The number of carbonyl (C=O) groups is 2. The number of para-hydroxylation sites is 1. The van der Waals surface area contributed by atoms with Crippen molar-refractivity contribution in [2.75, 3.05) is 6.54 Å². The minimum absolute atomic E-state index is 0.0378. The maximum atomic E-state index is 12.5. The Morgan fingerprint density at radius 2 is 1.73 bits per heavy atom. The number of carbonyl (C=O) groups excluding carboxylic acids is 2. The first kappa shape index (κ1) is 13.6. The molecule has 2 atom stereocenters. The predicted octanol–water partition coefficient (Wildman–Crippen LogP) is 2.89. The summed E-state index contributed by atoms with van der Waals surface area (Å²) in [5.41, 5.74) is 2.27. The van der Waals surface area contributed by atoms with Crippen molar-refractivity contribution in [3.05, 3.63) is 36.0 Å². The number of fused-ring (bicyclic) bond motifs is 2. The monoisotopic (exact) mass is 296 g/mol. The van der Waals surface area contributed by atoms with Gasteiger partial charge < -0.3 is 4.98 Å². The predicted molar refractivity (Wildman–Crippen MR) is 84.2 cm³/mol. The van der Waals surface area contributed by atoms with Crippen LogP contribution in [0.5, 0.6) is 0 Å². The van der Waals surface area contributed by atoms with E-state index in [1.165, 1.54) is 15.8 Å². The zero-order chi connectivity index (χ0) is 15.1. The first-order chi connectivity index (χ1) is 10.8. The molecular formula is C18H20N2O2. The Morgan fingerprint density at radius 3 is 2.45 bits per heavy atom. The van der Waals surface area contributed by atoms with Crippen LogP contribution >= 0.6 is 0 Å². The molecule has 1 saturated heterocycles. The minimum atomic E-state index is -0.0378. The maximum Gasteiger partial charge on any atom is 0.233 e. The number of hydrogen-bond acceptors (Lipinski definition) is 2. The van der Waals surface area contributed by atoms with Crippen molar-refractivity contribution in [3.63, 3.8) is 0 Å². The van der Waals surface area contributed by atoms with Gasteiger partial charge in [0.25, 0.3) is 0 Å². The molecule has 114 valence electrons. The third-order valence-electron chi connectivity index (χ3n) is 5.21. The highest BCUT2D eigenvalue weighted by Gasteiger charge is 2.47. The number of aromatic amines is 1. The van der Waals surface area contributed by atoms with Crippen LogP contribution in [0, 0.1) is 11.8 Å². The average molecular weight is 296 g/mol. The normalized spacial score (nSPS) is 25.0. The van der Waals surface area contributed by atoms with Gasteiger partial charge in [0.1, 0.15) is 0 Å². The summed E-state index contributed by atoms with van der Waals surface area (Å²) in [7, 11) is 0. The Labute approximate surface area is 129 Å². The van der Waals surface area contributed by atoms with Gasteiger partial charge in [0.2, 0.25) is 11.8 Å². The Bertz CT molecular complexity index is 710. The van der Waals surface area contributed by atoms with Gasteiger partial charge in [-0.3, -0.25) is 14.5 Å². The van der Waals surface area contributed by atoms with Crippen LogP contribution in [0.1, 0.15) is 31.2 Å². The third-order valence-corrected chi connectivity index (χ3v) is 5.21. The summed E-state index contributed by atoms with van der Waals surface area (Å²) < 4.78 is 0. The lowest BCUT2D eigenvalue weighted by atomic mass is 9.81. The molecule has 0 radical (unpaired) electrons. The van der Waals surface area contributed by atoms with E-state index >= 15 is 0 Å². The molecule has 1 N–H and O–H groups in total. The molecule has 1 aliphatic heterocycles. The molecule has 2 unspecified atom stereocenters. The van der Waals surface area contributed by atoms with Crippen LogP contribution in [0.3, 0.4) is 0 Å². The SMILES string of the molecule is O=C1C2CCCCC2C(=O)N1CCc1c[nH]c2ccccc12. The largest absolute Gasteiger partial charge is 0.361 e. The fraction of sp³-hybridized carbons (Fsp3) is 0.444. The summed E-state index contributed by atoms with van der Waals surface area (Å²) in [6, 6.07) is 8.13. The summed E-state index contributed by atoms with van der Waals surface area (Å²) in [6.07, 6.45) is 6.65. The Morgan fingerprint density at radius 1 is 1.05 bits per heavy atom. The van der Waals surface area contributed by atoms with Gasteiger partial charge in [-0.15, -0.1) is 0 Å². The number of nitrogens with one attached hydrogen (secondary N) is 1. The number of rotatable bonds is 3. The molecule has 2 aromatic rings. The van der Waals surface area contributed by atoms with E-state index in [1.807, 2.05) is 24.4 Å². The lowest BCUT2D eigenvalue weighted by Crippen LogP contribution is -2.33. The summed E-state index contributed by atoms with van der Waals surface area (Å²) in [4.78, 5) is 29.7. The van der Waals surface area contributed by atoms with Gasteiger partial charge >= 0.3 is 0 Å². The Hall–Kier alpha value is -2.10. The summed E-state index contributed by atoms with van der Waals surface area (Å²) in [6.45, 7) is 0.506. The van der Waals surface area contributed by atoms with Gasteiger partial charge in [-0.05, 0) is 30.9 Å². The van der Waals surface area contributed by atoms with Gasteiger partial charge in [0, 0.05) is 23.6 Å². The van der Waals surface area contributed by atoms with E-state index in [2.05, 4.69) is 11.1 Å². The second-order valence-corrected chi connectivity index (χ2v) is 6.44. The summed E-state index contributed by atoms with van der Waals surface area (Å²) in [5.74, 6) is 0.0533. The first-order valence-electron chi connectivity index (χ1n) is 8.16. The highest BCUT2D eigenvalue weighted by Crippen LogP contribution is 2.38. The van der Waals surface area contributed by atoms with Crippen LogP contribution in [0.25, 0.3) is 10.9 Å². The molecule has 2 fully saturated rings. The van der Waals surface area contributed by atoms with Crippen molar-refractivity contribution >= 4 is 22.7 Å². The molecule has 2 heterocycles. The van der Waals surface area contributed by atoms with Crippen molar-refractivity contribution in [2.45, 2.75) is 32.1 Å². The van der Waals surface area contributed by atoms with Crippen LogP contribution in [0.2, 0.25) is 0 Å². The third kappa shape index (κ3) is 2.05. The number of H-pyrrole nitrogens is 1. The number of imide groups is 1. The average Bonchev–Trinajstić information content (AvgIpc) is 3.07. The van der Waals surface area contributed by atoms with Crippen molar-refractivity contribution in [1.82, 2.24) is 9.88 Å². The second kappa shape index (κ2) is 5.27. The van der Waals surface area contributed by atoms with Gasteiger partial charge in [0.15, 0.2) is 0 Å². The first-order valence-corrected chi connectivity index (χ1v) is 8.16. The zero-order valence-electron chi connectivity index (χ0n) is 12.5. The molecule has 2 amide bonds. The molecular weight excluding hydrogens is 276 g/mol.